The van der Waals surface area contributed by atoms with E-state index in [1.165, 1.54) is 11.4 Å². The third-order valence-electron chi connectivity index (χ3n) is 7.11. The van der Waals surface area contributed by atoms with E-state index < -0.39 is 0 Å². The molecule has 5 rings (SSSR count). The van der Waals surface area contributed by atoms with Crippen LogP contribution in [0.1, 0.15) is 47.4 Å². The number of fused-ring (bicyclic) bond motifs is 4. The summed E-state index contributed by atoms with van der Waals surface area (Å²) in [7, 11) is 0. The molecule has 2 amide bonds. The first kappa shape index (κ1) is 18.5. The van der Waals surface area contributed by atoms with E-state index in [4.69, 9.17) is 0 Å². The molecule has 3 atom stereocenters. The van der Waals surface area contributed by atoms with Crippen molar-refractivity contribution in [2.24, 2.45) is 11.8 Å². The predicted octanol–water partition coefficient (Wildman–Crippen LogP) is 3.57. The quantitative estimate of drug-likeness (QED) is 0.786. The van der Waals surface area contributed by atoms with Crippen LogP contribution in [-0.4, -0.2) is 51.9 Å². The molecule has 0 N–H and O–H groups in total. The molecule has 0 spiro atoms. The SMILES string of the molecule is Cc1ccc(C)n1-c1ccc(C(=O)N2CC3CC(C2)[C@H]2CCCC(=O)N2C3)cc1. The summed E-state index contributed by atoms with van der Waals surface area (Å²) >= 11 is 0. The Kier molecular flexibility index (Phi) is 4.49. The van der Waals surface area contributed by atoms with Crippen molar-refractivity contribution in [1.29, 1.82) is 0 Å². The molecule has 0 saturated carbocycles. The molecular weight excluding hydrogens is 362 g/mol. The van der Waals surface area contributed by atoms with Gasteiger partial charge in [-0.2, -0.15) is 0 Å². The molecule has 2 aromatic rings. The van der Waals surface area contributed by atoms with Crippen LogP contribution in [0.5, 0.6) is 0 Å². The number of aryl methyl sites for hydroxylation is 2. The monoisotopic (exact) mass is 391 g/mol. The molecular formula is C24H29N3O2. The Morgan fingerprint density at radius 3 is 2.41 bits per heavy atom. The van der Waals surface area contributed by atoms with Gasteiger partial charge in [0.05, 0.1) is 0 Å². The first-order valence-electron chi connectivity index (χ1n) is 10.9. The minimum atomic E-state index is 0.128. The van der Waals surface area contributed by atoms with Crippen molar-refractivity contribution in [2.75, 3.05) is 19.6 Å². The van der Waals surface area contributed by atoms with Gasteiger partial charge in [-0.1, -0.05) is 0 Å². The Hall–Kier alpha value is -2.56. The fourth-order valence-electron chi connectivity index (χ4n) is 5.79. The lowest BCUT2D eigenvalue weighted by atomic mass is 9.76. The molecule has 152 valence electrons. The lowest BCUT2D eigenvalue weighted by Crippen LogP contribution is -2.61. The van der Waals surface area contributed by atoms with Crippen LogP contribution < -0.4 is 0 Å². The highest BCUT2D eigenvalue weighted by atomic mass is 16.2. The molecule has 3 aliphatic heterocycles. The van der Waals surface area contributed by atoms with Crippen molar-refractivity contribution in [3.63, 3.8) is 0 Å². The summed E-state index contributed by atoms with van der Waals surface area (Å²) in [6, 6.07) is 12.6. The number of benzene rings is 1. The van der Waals surface area contributed by atoms with Crippen molar-refractivity contribution < 1.29 is 9.59 Å². The molecule has 0 radical (unpaired) electrons. The van der Waals surface area contributed by atoms with Crippen LogP contribution in [0, 0.1) is 25.7 Å². The molecule has 5 heteroatoms. The normalized spacial score (nSPS) is 26.4. The minimum absolute atomic E-state index is 0.128. The first-order chi connectivity index (χ1) is 14.0. The summed E-state index contributed by atoms with van der Waals surface area (Å²) in [6.07, 6.45) is 3.94. The molecule has 2 bridgehead atoms. The second-order valence-corrected chi connectivity index (χ2v) is 9.08. The Morgan fingerprint density at radius 2 is 1.69 bits per heavy atom. The number of hydrogen-bond acceptors (Lipinski definition) is 2. The number of piperidine rings is 3. The summed E-state index contributed by atoms with van der Waals surface area (Å²) in [6.45, 7) is 6.56. The molecule has 3 aliphatic rings. The Morgan fingerprint density at radius 1 is 0.966 bits per heavy atom. The van der Waals surface area contributed by atoms with Crippen molar-refractivity contribution in [1.82, 2.24) is 14.4 Å². The van der Waals surface area contributed by atoms with Crippen LogP contribution in [0.25, 0.3) is 5.69 Å². The topological polar surface area (TPSA) is 45.6 Å². The summed E-state index contributed by atoms with van der Waals surface area (Å²) in [5.41, 5.74) is 4.23. The van der Waals surface area contributed by atoms with E-state index in [-0.39, 0.29) is 5.91 Å². The van der Waals surface area contributed by atoms with E-state index in [1.54, 1.807) is 0 Å². The highest BCUT2D eigenvalue weighted by molar-refractivity contribution is 5.94. The summed E-state index contributed by atoms with van der Waals surface area (Å²) < 4.78 is 2.20. The van der Waals surface area contributed by atoms with Gasteiger partial charge in [-0.25, -0.2) is 0 Å². The summed E-state index contributed by atoms with van der Waals surface area (Å²) in [4.78, 5) is 29.7. The molecule has 3 fully saturated rings. The largest absolute Gasteiger partial charge is 0.339 e. The fourth-order valence-corrected chi connectivity index (χ4v) is 5.79. The van der Waals surface area contributed by atoms with Crippen molar-refractivity contribution in [3.8, 4) is 5.69 Å². The number of rotatable bonds is 2. The average molecular weight is 392 g/mol. The standard InChI is InChI=1S/C24H29N3O2/c1-16-6-7-17(2)27(16)21-10-8-19(9-11-21)24(29)25-13-18-12-20(15-25)22-4-3-5-23(28)26(22)14-18/h6-11,18,20,22H,3-5,12-15H2,1-2H3/t18?,20?,22-/m1/s1. The van der Waals surface area contributed by atoms with Crippen molar-refractivity contribution in [3.05, 3.63) is 53.3 Å². The maximum atomic E-state index is 13.2. The third kappa shape index (κ3) is 3.17. The van der Waals surface area contributed by atoms with Crippen LogP contribution in [0.4, 0.5) is 0 Å². The zero-order valence-electron chi connectivity index (χ0n) is 17.3. The predicted molar refractivity (Wildman–Crippen MR) is 112 cm³/mol. The lowest BCUT2D eigenvalue weighted by Gasteiger charge is -2.52. The van der Waals surface area contributed by atoms with E-state index in [9.17, 15) is 9.59 Å². The number of amides is 2. The molecule has 4 heterocycles. The van der Waals surface area contributed by atoms with Crippen LogP contribution >= 0.6 is 0 Å². The average Bonchev–Trinajstić information content (AvgIpc) is 3.06. The van der Waals surface area contributed by atoms with Gasteiger partial charge in [-0.05, 0) is 81.3 Å². The molecule has 0 aliphatic carbocycles. The summed E-state index contributed by atoms with van der Waals surface area (Å²) in [5, 5.41) is 0. The number of carbonyl (C=O) groups excluding carboxylic acids is 2. The van der Waals surface area contributed by atoms with Crippen LogP contribution in [0.15, 0.2) is 36.4 Å². The van der Waals surface area contributed by atoms with E-state index in [2.05, 4.69) is 35.4 Å². The smallest absolute Gasteiger partial charge is 0.253 e. The molecule has 2 unspecified atom stereocenters. The highest BCUT2D eigenvalue weighted by Crippen LogP contribution is 2.38. The van der Waals surface area contributed by atoms with Crippen molar-refractivity contribution >= 4 is 11.8 Å². The van der Waals surface area contributed by atoms with Crippen molar-refractivity contribution in [2.45, 2.75) is 45.6 Å². The molecule has 1 aromatic heterocycles. The van der Waals surface area contributed by atoms with Gasteiger partial charge in [-0.3, -0.25) is 9.59 Å². The number of likely N-dealkylation sites (tertiary alicyclic amines) is 1. The third-order valence-corrected chi connectivity index (χ3v) is 7.11. The van der Waals surface area contributed by atoms with E-state index in [0.717, 1.165) is 50.1 Å². The molecule has 5 nitrogen and oxygen atoms in total. The van der Waals surface area contributed by atoms with Gasteiger partial charge in [-0.15, -0.1) is 0 Å². The van der Waals surface area contributed by atoms with E-state index >= 15 is 0 Å². The van der Waals surface area contributed by atoms with Gasteiger partial charge in [0.15, 0.2) is 0 Å². The first-order valence-corrected chi connectivity index (χ1v) is 10.9. The number of hydrogen-bond donors (Lipinski definition) is 0. The zero-order valence-corrected chi connectivity index (χ0v) is 17.3. The van der Waals surface area contributed by atoms with Crippen LogP contribution in [0.2, 0.25) is 0 Å². The number of nitrogens with zero attached hydrogens (tertiary/aromatic N) is 3. The van der Waals surface area contributed by atoms with Gasteiger partial charge in [0.1, 0.15) is 0 Å². The van der Waals surface area contributed by atoms with E-state index in [0.29, 0.717) is 30.2 Å². The van der Waals surface area contributed by atoms with Gasteiger partial charge in [0.2, 0.25) is 5.91 Å². The Balaban J connectivity index is 1.33. The number of aromatic nitrogens is 1. The number of carbonyl (C=O) groups is 2. The van der Waals surface area contributed by atoms with Gasteiger partial charge >= 0.3 is 0 Å². The highest BCUT2D eigenvalue weighted by Gasteiger charge is 2.44. The van der Waals surface area contributed by atoms with Crippen LogP contribution in [-0.2, 0) is 4.79 Å². The Labute approximate surface area is 172 Å². The maximum Gasteiger partial charge on any atom is 0.253 e. The molecule has 1 aromatic carbocycles. The lowest BCUT2D eigenvalue weighted by molar-refractivity contribution is -0.144. The van der Waals surface area contributed by atoms with Crippen LogP contribution in [0.3, 0.4) is 0 Å². The van der Waals surface area contributed by atoms with Gasteiger partial charge < -0.3 is 14.4 Å². The zero-order chi connectivity index (χ0) is 20.1. The second-order valence-electron chi connectivity index (χ2n) is 9.08. The Bertz CT molecular complexity index is 926. The van der Waals surface area contributed by atoms with Gasteiger partial charge in [0, 0.05) is 54.7 Å². The molecule has 29 heavy (non-hydrogen) atoms. The van der Waals surface area contributed by atoms with E-state index in [1.807, 2.05) is 29.2 Å². The molecule has 3 saturated heterocycles. The minimum Gasteiger partial charge on any atom is -0.339 e. The summed E-state index contributed by atoms with van der Waals surface area (Å²) in [5.74, 6) is 1.30. The fraction of sp³-hybridized carbons (Fsp3) is 0.500. The second kappa shape index (κ2) is 7.05. The maximum absolute atomic E-state index is 13.2. The van der Waals surface area contributed by atoms with Gasteiger partial charge in [0.25, 0.3) is 5.91 Å².